The van der Waals surface area contributed by atoms with Gasteiger partial charge in [0.05, 0.1) is 20.1 Å². The number of pyridine rings is 1. The highest BCUT2D eigenvalue weighted by Gasteiger charge is 2.21. The second kappa shape index (κ2) is 7.23. The summed E-state index contributed by atoms with van der Waals surface area (Å²) in [5.74, 6) is -0.656. The number of carbonyl (C=O) groups excluding carboxylic acids is 1. The number of esters is 1. The first kappa shape index (κ1) is 15.6. The SMILES string of the molecule is CCOC(=O)Cc1cc(OC)nc(C(F)F)c1CCl. The molecule has 0 aliphatic carbocycles. The average Bonchev–Trinajstić information content (AvgIpc) is 2.37. The van der Waals surface area contributed by atoms with Gasteiger partial charge in [-0.25, -0.2) is 13.8 Å². The van der Waals surface area contributed by atoms with Crippen molar-refractivity contribution in [1.29, 1.82) is 0 Å². The van der Waals surface area contributed by atoms with Crippen LogP contribution >= 0.6 is 11.6 Å². The molecule has 1 aromatic rings. The van der Waals surface area contributed by atoms with Gasteiger partial charge >= 0.3 is 5.97 Å². The molecular formula is C12H14ClF2NO3. The maximum Gasteiger partial charge on any atom is 0.310 e. The van der Waals surface area contributed by atoms with E-state index < -0.39 is 18.1 Å². The van der Waals surface area contributed by atoms with Crippen LogP contribution in [-0.4, -0.2) is 24.7 Å². The summed E-state index contributed by atoms with van der Waals surface area (Å²) in [6, 6.07) is 1.42. The summed E-state index contributed by atoms with van der Waals surface area (Å²) in [5.41, 5.74) is 0.0229. The van der Waals surface area contributed by atoms with Crippen LogP contribution in [0.15, 0.2) is 6.07 Å². The summed E-state index contributed by atoms with van der Waals surface area (Å²) in [5, 5.41) is 0. The molecule has 0 spiro atoms. The van der Waals surface area contributed by atoms with Crippen molar-refractivity contribution < 1.29 is 23.0 Å². The number of hydrogen-bond donors (Lipinski definition) is 0. The van der Waals surface area contributed by atoms with Gasteiger partial charge in [-0.15, -0.1) is 11.6 Å². The molecule has 0 aliphatic heterocycles. The van der Waals surface area contributed by atoms with Gasteiger partial charge in [-0.2, -0.15) is 0 Å². The van der Waals surface area contributed by atoms with Crippen LogP contribution in [0.5, 0.6) is 5.88 Å². The first-order chi connectivity index (χ1) is 9.03. The van der Waals surface area contributed by atoms with Gasteiger partial charge in [0.2, 0.25) is 5.88 Å². The Hall–Kier alpha value is -1.43. The standard InChI is InChI=1S/C12H14ClF2NO3/c1-3-19-10(17)5-7-4-9(18-2)16-11(12(14)15)8(7)6-13/h4,12H,3,5-6H2,1-2H3. The lowest BCUT2D eigenvalue weighted by Crippen LogP contribution is -2.12. The largest absolute Gasteiger partial charge is 0.481 e. The Kier molecular flexibility index (Phi) is 5.95. The minimum Gasteiger partial charge on any atom is -0.481 e. The molecule has 0 amide bonds. The molecule has 4 nitrogen and oxygen atoms in total. The maximum absolute atomic E-state index is 12.9. The third kappa shape index (κ3) is 4.02. The zero-order chi connectivity index (χ0) is 14.4. The number of nitrogens with zero attached hydrogens (tertiary/aromatic N) is 1. The van der Waals surface area contributed by atoms with Crippen LogP contribution in [0, 0.1) is 0 Å². The van der Waals surface area contributed by atoms with Gasteiger partial charge < -0.3 is 9.47 Å². The van der Waals surface area contributed by atoms with Gasteiger partial charge in [0.25, 0.3) is 6.43 Å². The highest BCUT2D eigenvalue weighted by Crippen LogP contribution is 2.28. The number of halogens is 3. The second-order valence-electron chi connectivity index (χ2n) is 3.60. The quantitative estimate of drug-likeness (QED) is 0.598. The lowest BCUT2D eigenvalue weighted by Gasteiger charge is -2.13. The molecule has 1 rings (SSSR count). The van der Waals surface area contributed by atoms with E-state index in [0.717, 1.165) is 0 Å². The van der Waals surface area contributed by atoms with Crippen molar-refractivity contribution in [2.45, 2.75) is 25.7 Å². The molecule has 0 atom stereocenters. The first-order valence-corrected chi connectivity index (χ1v) is 6.13. The second-order valence-corrected chi connectivity index (χ2v) is 3.87. The molecule has 0 unspecified atom stereocenters. The van der Waals surface area contributed by atoms with Gasteiger partial charge in [0, 0.05) is 11.9 Å². The Bertz CT molecular complexity index is 455. The molecule has 0 bridgehead atoms. The zero-order valence-electron chi connectivity index (χ0n) is 10.6. The Balaban J connectivity index is 3.19. The Morgan fingerprint density at radius 1 is 1.53 bits per heavy atom. The highest BCUT2D eigenvalue weighted by molar-refractivity contribution is 6.17. The number of carbonyl (C=O) groups is 1. The van der Waals surface area contributed by atoms with Gasteiger partial charge in [-0.05, 0) is 18.1 Å². The molecule has 0 fully saturated rings. The van der Waals surface area contributed by atoms with E-state index in [1.54, 1.807) is 6.92 Å². The van der Waals surface area contributed by atoms with E-state index in [9.17, 15) is 13.6 Å². The van der Waals surface area contributed by atoms with Crippen molar-refractivity contribution in [2.75, 3.05) is 13.7 Å². The van der Waals surface area contributed by atoms with E-state index >= 15 is 0 Å². The lowest BCUT2D eigenvalue weighted by atomic mass is 10.0. The number of aromatic nitrogens is 1. The monoisotopic (exact) mass is 293 g/mol. The summed E-state index contributed by atoms with van der Waals surface area (Å²) in [4.78, 5) is 15.1. The number of rotatable bonds is 6. The molecule has 19 heavy (non-hydrogen) atoms. The van der Waals surface area contributed by atoms with Gasteiger partial charge in [-0.3, -0.25) is 4.79 Å². The van der Waals surface area contributed by atoms with E-state index in [-0.39, 0.29) is 30.4 Å². The van der Waals surface area contributed by atoms with E-state index in [1.165, 1.54) is 13.2 Å². The van der Waals surface area contributed by atoms with Crippen LogP contribution in [0.3, 0.4) is 0 Å². The van der Waals surface area contributed by atoms with Crippen molar-refractivity contribution in [3.8, 4) is 5.88 Å². The maximum atomic E-state index is 12.9. The van der Waals surface area contributed by atoms with E-state index in [0.29, 0.717) is 5.56 Å². The van der Waals surface area contributed by atoms with E-state index in [2.05, 4.69) is 4.98 Å². The molecular weight excluding hydrogens is 280 g/mol. The van der Waals surface area contributed by atoms with Crippen LogP contribution in [0.4, 0.5) is 8.78 Å². The molecule has 7 heteroatoms. The van der Waals surface area contributed by atoms with Crippen molar-refractivity contribution in [3.05, 3.63) is 22.9 Å². The fourth-order valence-electron chi connectivity index (χ4n) is 1.58. The van der Waals surface area contributed by atoms with Gasteiger partial charge in [0.1, 0.15) is 5.69 Å². The molecule has 1 heterocycles. The zero-order valence-corrected chi connectivity index (χ0v) is 11.3. The minimum atomic E-state index is -2.79. The number of hydrogen-bond acceptors (Lipinski definition) is 4. The Morgan fingerprint density at radius 2 is 2.21 bits per heavy atom. The van der Waals surface area contributed by atoms with Gasteiger partial charge in [0.15, 0.2) is 0 Å². The van der Waals surface area contributed by atoms with Crippen molar-refractivity contribution in [3.63, 3.8) is 0 Å². The molecule has 0 saturated carbocycles. The molecule has 0 aromatic carbocycles. The summed E-state index contributed by atoms with van der Waals surface area (Å²) in [6.07, 6.45) is -2.93. The predicted molar refractivity (Wildman–Crippen MR) is 65.6 cm³/mol. The van der Waals surface area contributed by atoms with Crippen LogP contribution in [-0.2, 0) is 21.8 Å². The van der Waals surface area contributed by atoms with Gasteiger partial charge in [-0.1, -0.05) is 0 Å². The smallest absolute Gasteiger partial charge is 0.310 e. The molecule has 106 valence electrons. The first-order valence-electron chi connectivity index (χ1n) is 5.59. The van der Waals surface area contributed by atoms with E-state index in [1.807, 2.05) is 0 Å². The molecule has 0 radical (unpaired) electrons. The summed E-state index contributed by atoms with van der Waals surface area (Å²) < 4.78 is 35.4. The van der Waals surface area contributed by atoms with Crippen molar-refractivity contribution in [1.82, 2.24) is 4.98 Å². The van der Waals surface area contributed by atoms with Crippen LogP contribution in [0.25, 0.3) is 0 Å². The number of ether oxygens (including phenoxy) is 2. The third-order valence-corrected chi connectivity index (χ3v) is 2.68. The predicted octanol–water partition coefficient (Wildman–Crippen LogP) is 2.87. The number of alkyl halides is 3. The Morgan fingerprint density at radius 3 is 2.68 bits per heavy atom. The van der Waals surface area contributed by atoms with Crippen molar-refractivity contribution in [2.24, 2.45) is 0 Å². The summed E-state index contributed by atoms with van der Waals surface area (Å²) >= 11 is 5.67. The minimum absolute atomic E-state index is 0.0171. The van der Waals surface area contributed by atoms with Crippen LogP contribution < -0.4 is 4.74 Å². The third-order valence-electron chi connectivity index (χ3n) is 2.41. The topological polar surface area (TPSA) is 48.4 Å². The summed E-state index contributed by atoms with van der Waals surface area (Å²) in [7, 11) is 1.31. The van der Waals surface area contributed by atoms with Crippen molar-refractivity contribution >= 4 is 17.6 Å². The van der Waals surface area contributed by atoms with E-state index in [4.69, 9.17) is 21.1 Å². The molecule has 1 aromatic heterocycles. The average molecular weight is 294 g/mol. The highest BCUT2D eigenvalue weighted by atomic mass is 35.5. The van der Waals surface area contributed by atoms with Crippen LogP contribution in [0.2, 0.25) is 0 Å². The fourth-order valence-corrected chi connectivity index (χ4v) is 1.89. The number of methoxy groups -OCH3 is 1. The molecule has 0 saturated heterocycles. The Labute approximate surface area is 114 Å². The lowest BCUT2D eigenvalue weighted by molar-refractivity contribution is -0.142. The normalized spacial score (nSPS) is 10.6. The molecule has 0 aliphatic rings. The van der Waals surface area contributed by atoms with Crippen LogP contribution in [0.1, 0.15) is 30.2 Å². The fraction of sp³-hybridized carbons (Fsp3) is 0.500. The summed E-state index contributed by atoms with van der Waals surface area (Å²) in [6.45, 7) is 1.89. The molecule has 0 N–H and O–H groups in total.